The van der Waals surface area contributed by atoms with E-state index in [1.807, 2.05) is 26.8 Å². The molecule has 0 N–H and O–H groups in total. The quantitative estimate of drug-likeness (QED) is 0.173. The third-order valence-electron chi connectivity index (χ3n) is 10.8. The molecule has 0 amide bonds. The molecule has 5 rings (SSSR count). The van der Waals surface area contributed by atoms with Gasteiger partial charge in [-0.25, -0.2) is 9.59 Å². The highest BCUT2D eigenvalue weighted by atomic mass is 16.6. The highest BCUT2D eigenvalue weighted by Crippen LogP contribution is 2.43. The summed E-state index contributed by atoms with van der Waals surface area (Å²) in [5.74, 6) is 1.08. The lowest BCUT2D eigenvalue weighted by Crippen LogP contribution is -2.23. The van der Waals surface area contributed by atoms with Gasteiger partial charge in [-0.2, -0.15) is 0 Å². The molecule has 3 aromatic rings. The van der Waals surface area contributed by atoms with Crippen molar-refractivity contribution < 1.29 is 19.1 Å². The van der Waals surface area contributed by atoms with E-state index in [0.717, 1.165) is 24.8 Å². The largest absolute Gasteiger partial charge is 0.456 e. The van der Waals surface area contributed by atoms with Gasteiger partial charge in [0.05, 0.1) is 11.1 Å². The Morgan fingerprint density at radius 2 is 1.17 bits per heavy atom. The average molecular weight is 637 g/mol. The van der Waals surface area contributed by atoms with E-state index in [4.69, 9.17) is 9.47 Å². The van der Waals surface area contributed by atoms with Crippen LogP contribution in [0, 0.1) is 0 Å². The van der Waals surface area contributed by atoms with E-state index in [1.54, 1.807) is 29.8 Å². The molecule has 1 atom stereocenters. The van der Waals surface area contributed by atoms with Gasteiger partial charge >= 0.3 is 11.9 Å². The van der Waals surface area contributed by atoms with Gasteiger partial charge in [0.15, 0.2) is 0 Å². The predicted molar refractivity (Wildman–Crippen MR) is 192 cm³/mol. The summed E-state index contributed by atoms with van der Waals surface area (Å²) in [4.78, 5) is 25.9. The molecule has 0 heterocycles. The van der Waals surface area contributed by atoms with Crippen LogP contribution in [0.2, 0.25) is 0 Å². The number of carbonyl (C=O) groups is 2. The second kappa shape index (κ2) is 14.8. The Labute approximate surface area is 283 Å². The lowest BCUT2D eigenvalue weighted by Gasteiger charge is -2.32. The predicted octanol–water partition coefficient (Wildman–Crippen LogP) is 11.8. The first kappa shape index (κ1) is 34.9. The van der Waals surface area contributed by atoms with Gasteiger partial charge in [-0.3, -0.25) is 0 Å². The van der Waals surface area contributed by atoms with Crippen LogP contribution in [-0.2, 0) is 10.2 Å². The van der Waals surface area contributed by atoms with Crippen LogP contribution in [0.3, 0.4) is 0 Å². The van der Waals surface area contributed by atoms with Crippen molar-refractivity contribution in [3.8, 4) is 5.75 Å². The Balaban J connectivity index is 1.42. The van der Waals surface area contributed by atoms with Gasteiger partial charge in [-0.05, 0) is 128 Å². The molecule has 2 aliphatic rings. The Kier molecular flexibility index (Phi) is 11.0. The normalized spacial score (nSPS) is 17.3. The molecule has 2 saturated carbocycles. The number of rotatable bonds is 9. The number of ether oxygens (including phenoxy) is 2. The van der Waals surface area contributed by atoms with Crippen molar-refractivity contribution in [2.45, 2.75) is 148 Å². The van der Waals surface area contributed by atoms with Crippen LogP contribution in [-0.4, -0.2) is 17.5 Å². The highest BCUT2D eigenvalue weighted by molar-refractivity contribution is 5.94. The van der Waals surface area contributed by atoms with E-state index in [2.05, 4.69) is 58.0 Å². The first-order valence-corrected chi connectivity index (χ1v) is 18.2. The maximum Gasteiger partial charge on any atom is 0.343 e. The van der Waals surface area contributed by atoms with E-state index in [1.165, 1.54) is 68.1 Å². The minimum absolute atomic E-state index is 0.157. The molecule has 252 valence electrons. The molecule has 47 heavy (non-hydrogen) atoms. The van der Waals surface area contributed by atoms with E-state index < -0.39 is 17.5 Å². The Morgan fingerprint density at radius 1 is 0.681 bits per heavy atom. The molecule has 0 aromatic heterocycles. The second-order valence-electron chi connectivity index (χ2n) is 15.7. The zero-order valence-corrected chi connectivity index (χ0v) is 29.9. The smallest absolute Gasteiger partial charge is 0.343 e. The van der Waals surface area contributed by atoms with Gasteiger partial charge in [0, 0.05) is 5.92 Å². The molecule has 2 fully saturated rings. The van der Waals surface area contributed by atoms with Crippen molar-refractivity contribution in [3.05, 3.63) is 99.6 Å². The van der Waals surface area contributed by atoms with Crippen LogP contribution in [0.5, 0.6) is 5.75 Å². The maximum absolute atomic E-state index is 13.4. The van der Waals surface area contributed by atoms with Crippen molar-refractivity contribution in [2.24, 2.45) is 0 Å². The minimum atomic E-state index is -0.582. The summed E-state index contributed by atoms with van der Waals surface area (Å²) < 4.78 is 11.6. The highest BCUT2D eigenvalue weighted by Gasteiger charge is 2.28. The van der Waals surface area contributed by atoms with Crippen LogP contribution < -0.4 is 4.74 Å². The van der Waals surface area contributed by atoms with Crippen LogP contribution >= 0.6 is 0 Å². The molecule has 0 spiro atoms. The Bertz CT molecular complexity index is 1530. The molecular weight excluding hydrogens is 580 g/mol. The minimum Gasteiger partial charge on any atom is -0.456 e. The van der Waals surface area contributed by atoms with E-state index in [9.17, 15) is 9.59 Å². The lowest BCUT2D eigenvalue weighted by atomic mass is 9.72. The monoisotopic (exact) mass is 636 g/mol. The van der Waals surface area contributed by atoms with Crippen LogP contribution in [0.4, 0.5) is 0 Å². The molecule has 0 radical (unpaired) electrons. The van der Waals surface area contributed by atoms with E-state index in [-0.39, 0.29) is 11.3 Å². The molecule has 0 saturated heterocycles. The number of hydrogen-bond donors (Lipinski definition) is 0. The maximum atomic E-state index is 13.4. The van der Waals surface area contributed by atoms with Crippen molar-refractivity contribution in [1.82, 2.24) is 0 Å². The number of hydrogen-bond acceptors (Lipinski definition) is 4. The van der Waals surface area contributed by atoms with E-state index >= 15 is 0 Å². The van der Waals surface area contributed by atoms with Gasteiger partial charge in [0.2, 0.25) is 0 Å². The molecular formula is C43H56O4. The van der Waals surface area contributed by atoms with Crippen LogP contribution in [0.1, 0.15) is 185 Å². The molecule has 2 aliphatic carbocycles. The van der Waals surface area contributed by atoms with Gasteiger partial charge in [-0.1, -0.05) is 96.6 Å². The summed E-state index contributed by atoms with van der Waals surface area (Å²) in [5, 5.41) is 0. The van der Waals surface area contributed by atoms with Crippen molar-refractivity contribution in [2.75, 3.05) is 0 Å². The van der Waals surface area contributed by atoms with Crippen LogP contribution in [0.25, 0.3) is 0 Å². The fraction of sp³-hybridized carbons (Fsp3) is 0.535. The summed E-state index contributed by atoms with van der Waals surface area (Å²) in [7, 11) is 0. The van der Waals surface area contributed by atoms with E-state index in [0.29, 0.717) is 28.7 Å². The summed E-state index contributed by atoms with van der Waals surface area (Å²) in [6.45, 7) is 14.9. The van der Waals surface area contributed by atoms with Gasteiger partial charge in [0.1, 0.15) is 11.4 Å². The first-order chi connectivity index (χ1) is 22.4. The van der Waals surface area contributed by atoms with Crippen molar-refractivity contribution in [3.63, 3.8) is 0 Å². The van der Waals surface area contributed by atoms with Gasteiger partial charge in [0.25, 0.3) is 0 Å². The number of esters is 2. The SMILES string of the molecule is CCC(C)(C)c1ccc(C(C)c2ccc(OC(=O)c3ccc(C(=O)OC(C)(C)C)cc3)c(C3CCCCC3)c2)cc1C1CCCCC1. The standard InChI is InChI=1S/C43H56O4/c1-8-43(6,7)38-25-23-34(27-36(38)30-15-11-9-12-16-30)29(2)35-24-26-39(37(28-35)31-17-13-10-14-18-31)46-40(44)32-19-21-33(22-20-32)41(45)47-42(3,4)5/h19-31H,8-18H2,1-7H3. The summed E-state index contributed by atoms with van der Waals surface area (Å²) >= 11 is 0. The second-order valence-corrected chi connectivity index (χ2v) is 15.7. The zero-order valence-electron chi connectivity index (χ0n) is 29.9. The topological polar surface area (TPSA) is 52.6 Å². The zero-order chi connectivity index (χ0) is 33.8. The number of benzene rings is 3. The summed E-state index contributed by atoms with van der Waals surface area (Å²) in [5.41, 5.74) is 7.26. The third kappa shape index (κ3) is 8.55. The fourth-order valence-corrected chi connectivity index (χ4v) is 7.50. The Hall–Kier alpha value is -3.40. The molecule has 1 unspecified atom stereocenters. The van der Waals surface area contributed by atoms with Crippen LogP contribution in [0.15, 0.2) is 60.7 Å². The fourth-order valence-electron chi connectivity index (χ4n) is 7.50. The van der Waals surface area contributed by atoms with Gasteiger partial charge < -0.3 is 9.47 Å². The summed E-state index contributed by atoms with van der Waals surface area (Å²) in [6, 6.07) is 20.3. The average Bonchev–Trinajstić information content (AvgIpc) is 3.08. The molecule has 0 aliphatic heterocycles. The molecule has 4 nitrogen and oxygen atoms in total. The lowest BCUT2D eigenvalue weighted by molar-refractivity contribution is 0.00691. The Morgan fingerprint density at radius 3 is 1.70 bits per heavy atom. The van der Waals surface area contributed by atoms with Crippen molar-refractivity contribution in [1.29, 1.82) is 0 Å². The third-order valence-corrected chi connectivity index (χ3v) is 10.8. The van der Waals surface area contributed by atoms with Crippen molar-refractivity contribution >= 4 is 11.9 Å². The summed E-state index contributed by atoms with van der Waals surface area (Å²) in [6.07, 6.45) is 13.6. The molecule has 0 bridgehead atoms. The molecule has 4 heteroatoms. The first-order valence-electron chi connectivity index (χ1n) is 18.2. The number of carbonyl (C=O) groups excluding carboxylic acids is 2. The van der Waals surface area contributed by atoms with Gasteiger partial charge in [-0.15, -0.1) is 0 Å². The molecule has 3 aromatic carbocycles.